The molecule has 1 heterocycles. The SMILES string of the molecule is CC1CCCCN1C.N.O=CO. The summed E-state index contributed by atoms with van der Waals surface area (Å²) in [6.07, 6.45) is 4.24. The van der Waals surface area contributed by atoms with Gasteiger partial charge >= 0.3 is 0 Å². The molecule has 0 aromatic heterocycles. The van der Waals surface area contributed by atoms with Crippen LogP contribution in [0.15, 0.2) is 0 Å². The summed E-state index contributed by atoms with van der Waals surface area (Å²) < 4.78 is 0. The molecule has 4 nitrogen and oxygen atoms in total. The Kier molecular flexibility index (Phi) is 9.86. The van der Waals surface area contributed by atoms with Gasteiger partial charge in [0.1, 0.15) is 0 Å². The van der Waals surface area contributed by atoms with Crippen molar-refractivity contribution >= 4 is 6.47 Å². The van der Waals surface area contributed by atoms with Crippen LogP contribution in [0.3, 0.4) is 0 Å². The monoisotopic (exact) mass is 176 g/mol. The number of likely N-dealkylation sites (tertiary alicyclic amines) is 1. The zero-order chi connectivity index (χ0) is 8.69. The second-order valence-corrected chi connectivity index (χ2v) is 2.93. The quantitative estimate of drug-likeness (QED) is 0.546. The minimum Gasteiger partial charge on any atom is -0.483 e. The molecule has 4 N–H and O–H groups in total. The summed E-state index contributed by atoms with van der Waals surface area (Å²) in [5.41, 5.74) is 0. The first-order valence-electron chi connectivity index (χ1n) is 4.00. The van der Waals surface area contributed by atoms with E-state index in [0.717, 1.165) is 6.04 Å². The standard InChI is InChI=1S/C7H15N.CH2O2.H3N/c1-7-5-3-4-6-8(7)2;2-1-3;/h7H,3-6H2,1-2H3;1H,(H,2,3);1H3. The van der Waals surface area contributed by atoms with Gasteiger partial charge in [0.05, 0.1) is 0 Å². The lowest BCUT2D eigenvalue weighted by Gasteiger charge is -2.29. The van der Waals surface area contributed by atoms with E-state index in [1.54, 1.807) is 0 Å². The van der Waals surface area contributed by atoms with Crippen molar-refractivity contribution in [3.8, 4) is 0 Å². The van der Waals surface area contributed by atoms with E-state index in [2.05, 4.69) is 18.9 Å². The number of hydrogen-bond acceptors (Lipinski definition) is 3. The highest BCUT2D eigenvalue weighted by Gasteiger charge is 2.12. The highest BCUT2D eigenvalue weighted by Crippen LogP contribution is 2.13. The highest BCUT2D eigenvalue weighted by atomic mass is 16.3. The molecule has 1 fully saturated rings. The summed E-state index contributed by atoms with van der Waals surface area (Å²) in [5, 5.41) is 6.89. The topological polar surface area (TPSA) is 75.5 Å². The average molecular weight is 176 g/mol. The minimum absolute atomic E-state index is 0. The molecule has 1 atom stereocenters. The molecule has 1 aliphatic rings. The van der Waals surface area contributed by atoms with Crippen molar-refractivity contribution in [2.24, 2.45) is 0 Å². The molecule has 0 radical (unpaired) electrons. The number of nitrogens with zero attached hydrogens (tertiary/aromatic N) is 1. The molecule has 0 saturated carbocycles. The molecule has 1 rings (SSSR count). The zero-order valence-electron chi connectivity index (χ0n) is 7.99. The molecule has 1 unspecified atom stereocenters. The first-order chi connectivity index (χ1) is 5.22. The predicted octanol–water partition coefficient (Wildman–Crippen LogP) is 1.35. The molecule has 74 valence electrons. The molecule has 12 heavy (non-hydrogen) atoms. The summed E-state index contributed by atoms with van der Waals surface area (Å²) in [6, 6.07) is 0.837. The van der Waals surface area contributed by atoms with Crippen LogP contribution >= 0.6 is 0 Å². The van der Waals surface area contributed by atoms with Gasteiger partial charge in [0.25, 0.3) is 6.47 Å². The minimum atomic E-state index is -0.250. The second kappa shape index (κ2) is 8.49. The second-order valence-electron chi connectivity index (χ2n) is 2.93. The van der Waals surface area contributed by atoms with Crippen molar-refractivity contribution in [1.29, 1.82) is 0 Å². The van der Waals surface area contributed by atoms with Crippen molar-refractivity contribution in [1.82, 2.24) is 11.1 Å². The maximum atomic E-state index is 8.36. The Morgan fingerprint density at radius 3 is 2.25 bits per heavy atom. The first-order valence-corrected chi connectivity index (χ1v) is 4.00. The van der Waals surface area contributed by atoms with Crippen LogP contribution in [0.25, 0.3) is 0 Å². The van der Waals surface area contributed by atoms with Crippen LogP contribution in [0.4, 0.5) is 0 Å². The van der Waals surface area contributed by atoms with Crippen molar-refractivity contribution < 1.29 is 9.90 Å². The van der Waals surface area contributed by atoms with Gasteiger partial charge in [-0.3, -0.25) is 4.79 Å². The number of hydrogen-bond donors (Lipinski definition) is 2. The van der Waals surface area contributed by atoms with Crippen LogP contribution < -0.4 is 6.15 Å². The van der Waals surface area contributed by atoms with Gasteiger partial charge in [-0.25, -0.2) is 0 Å². The third-order valence-corrected chi connectivity index (χ3v) is 2.14. The van der Waals surface area contributed by atoms with Crippen molar-refractivity contribution in [2.75, 3.05) is 13.6 Å². The summed E-state index contributed by atoms with van der Waals surface area (Å²) in [6.45, 7) is 3.36. The van der Waals surface area contributed by atoms with Gasteiger partial charge in [0.2, 0.25) is 0 Å². The lowest BCUT2D eigenvalue weighted by molar-refractivity contribution is -0.122. The molecule has 1 aliphatic heterocycles. The van der Waals surface area contributed by atoms with Crippen molar-refractivity contribution in [3.63, 3.8) is 0 Å². The Morgan fingerprint density at radius 1 is 1.50 bits per heavy atom. The van der Waals surface area contributed by atoms with E-state index in [4.69, 9.17) is 9.90 Å². The Morgan fingerprint density at radius 2 is 2.00 bits per heavy atom. The van der Waals surface area contributed by atoms with Gasteiger partial charge < -0.3 is 16.2 Å². The number of carboxylic acid groups (broad SMARTS) is 1. The van der Waals surface area contributed by atoms with Crippen LogP contribution in [-0.2, 0) is 4.79 Å². The lowest BCUT2D eigenvalue weighted by atomic mass is 10.1. The summed E-state index contributed by atoms with van der Waals surface area (Å²) in [7, 11) is 2.21. The lowest BCUT2D eigenvalue weighted by Crippen LogP contribution is -2.33. The zero-order valence-corrected chi connectivity index (χ0v) is 7.99. The van der Waals surface area contributed by atoms with E-state index in [0.29, 0.717) is 0 Å². The van der Waals surface area contributed by atoms with E-state index in [1.807, 2.05) is 0 Å². The molecular weight excluding hydrogens is 156 g/mol. The fourth-order valence-electron chi connectivity index (χ4n) is 1.24. The summed E-state index contributed by atoms with van der Waals surface area (Å²) in [4.78, 5) is 10.8. The van der Waals surface area contributed by atoms with E-state index in [-0.39, 0.29) is 12.6 Å². The van der Waals surface area contributed by atoms with E-state index >= 15 is 0 Å². The van der Waals surface area contributed by atoms with Gasteiger partial charge in [-0.15, -0.1) is 0 Å². The molecular formula is C8H20N2O2. The van der Waals surface area contributed by atoms with Crippen LogP contribution in [0.1, 0.15) is 26.2 Å². The molecule has 0 aromatic carbocycles. The molecule has 1 saturated heterocycles. The molecule has 4 heteroatoms. The smallest absolute Gasteiger partial charge is 0.290 e. The average Bonchev–Trinajstić information content (AvgIpc) is 1.97. The van der Waals surface area contributed by atoms with Crippen LogP contribution in [0, 0.1) is 0 Å². The normalized spacial score (nSPS) is 23.0. The molecule has 0 aliphatic carbocycles. The number of piperidine rings is 1. The van der Waals surface area contributed by atoms with E-state index in [9.17, 15) is 0 Å². The van der Waals surface area contributed by atoms with E-state index < -0.39 is 0 Å². The van der Waals surface area contributed by atoms with Crippen LogP contribution in [0.2, 0.25) is 0 Å². The highest BCUT2D eigenvalue weighted by molar-refractivity contribution is 5.32. The van der Waals surface area contributed by atoms with E-state index in [1.165, 1.54) is 25.8 Å². The van der Waals surface area contributed by atoms with Gasteiger partial charge in [-0.2, -0.15) is 0 Å². The molecule has 0 aromatic rings. The largest absolute Gasteiger partial charge is 0.483 e. The molecule has 0 spiro atoms. The molecule has 0 bridgehead atoms. The fraction of sp³-hybridized carbons (Fsp3) is 0.875. The Labute approximate surface area is 74.1 Å². The van der Waals surface area contributed by atoms with Crippen LogP contribution in [0.5, 0.6) is 0 Å². The Bertz CT molecular complexity index is 99.2. The van der Waals surface area contributed by atoms with Gasteiger partial charge in [0, 0.05) is 6.04 Å². The predicted molar refractivity (Wildman–Crippen MR) is 49.7 cm³/mol. The van der Waals surface area contributed by atoms with Gasteiger partial charge in [-0.1, -0.05) is 6.42 Å². The maximum absolute atomic E-state index is 8.36. The summed E-state index contributed by atoms with van der Waals surface area (Å²) in [5.74, 6) is 0. The number of carbonyl (C=O) groups is 1. The van der Waals surface area contributed by atoms with Crippen molar-refractivity contribution in [3.05, 3.63) is 0 Å². The fourth-order valence-corrected chi connectivity index (χ4v) is 1.24. The number of rotatable bonds is 0. The third-order valence-electron chi connectivity index (χ3n) is 2.14. The molecule has 0 amide bonds. The van der Waals surface area contributed by atoms with Gasteiger partial charge in [0.15, 0.2) is 0 Å². The van der Waals surface area contributed by atoms with Crippen LogP contribution in [-0.4, -0.2) is 36.1 Å². The van der Waals surface area contributed by atoms with Gasteiger partial charge in [-0.05, 0) is 33.4 Å². The third kappa shape index (κ3) is 6.12. The Balaban J connectivity index is 0. The Hall–Kier alpha value is -0.610. The van der Waals surface area contributed by atoms with Crippen molar-refractivity contribution in [2.45, 2.75) is 32.2 Å². The summed E-state index contributed by atoms with van der Waals surface area (Å²) >= 11 is 0. The first kappa shape index (κ1) is 13.9. The maximum Gasteiger partial charge on any atom is 0.290 e.